The minimum Gasteiger partial charge on any atom is -0.244 e. The summed E-state index contributed by atoms with van der Waals surface area (Å²) in [5, 5.41) is 0. The van der Waals surface area contributed by atoms with Crippen LogP contribution in [0.1, 0.15) is 13.3 Å². The summed E-state index contributed by atoms with van der Waals surface area (Å²) in [6.07, 6.45) is 6.11. The van der Waals surface area contributed by atoms with E-state index in [1.807, 2.05) is 6.08 Å². The van der Waals surface area contributed by atoms with Crippen molar-refractivity contribution in [2.45, 2.75) is 13.3 Å². The summed E-state index contributed by atoms with van der Waals surface area (Å²) < 4.78 is 0. The molecule has 2 heteroatoms. The highest BCUT2D eigenvalue weighted by Gasteiger charge is 1.85. The molecule has 0 saturated carbocycles. The first-order valence-corrected chi connectivity index (χ1v) is 2.92. The molecule has 1 aliphatic heterocycles. The lowest BCUT2D eigenvalue weighted by atomic mass is 10.2. The Morgan fingerprint density at radius 3 is 3.33 bits per heavy atom. The summed E-state index contributed by atoms with van der Waals surface area (Å²) in [7, 11) is 0. The van der Waals surface area contributed by atoms with Crippen molar-refractivity contribution in [1.82, 2.24) is 0 Å². The van der Waals surface area contributed by atoms with E-state index in [4.69, 9.17) is 0 Å². The zero-order chi connectivity index (χ0) is 6.53. The fourth-order valence-corrected chi connectivity index (χ4v) is 0.547. The van der Waals surface area contributed by atoms with E-state index in [2.05, 4.69) is 22.8 Å². The largest absolute Gasteiger partial charge is 0.244 e. The topological polar surface area (TPSA) is 24.7 Å². The van der Waals surface area contributed by atoms with Crippen molar-refractivity contribution in [2.24, 2.45) is 9.98 Å². The minimum atomic E-state index is 0.986. The molecule has 0 aliphatic carbocycles. The molecule has 2 nitrogen and oxygen atoms in total. The highest BCUT2D eigenvalue weighted by Crippen LogP contribution is 2.00. The molecule has 0 fully saturated rings. The van der Waals surface area contributed by atoms with Gasteiger partial charge in [0.25, 0.3) is 0 Å². The van der Waals surface area contributed by atoms with Crippen LogP contribution < -0.4 is 0 Å². The summed E-state index contributed by atoms with van der Waals surface area (Å²) in [5.41, 5.74) is 1.16. The van der Waals surface area contributed by atoms with Gasteiger partial charge in [0.15, 0.2) is 0 Å². The molecule has 46 valence electrons. The Bertz CT molecular complexity index is 205. The highest BCUT2D eigenvalue weighted by atomic mass is 14.8. The molecule has 0 N–H and O–H groups in total. The molecule has 0 bridgehead atoms. The Morgan fingerprint density at radius 1 is 1.67 bits per heavy atom. The SMILES string of the molecule is CCC1=CN=CN=C=C1. The quantitative estimate of drug-likeness (QED) is 0.501. The molecular weight excluding hydrogens is 112 g/mol. The van der Waals surface area contributed by atoms with Gasteiger partial charge >= 0.3 is 0 Å². The normalized spacial score (nSPS) is 15.4. The lowest BCUT2D eigenvalue weighted by Crippen LogP contribution is -1.70. The van der Waals surface area contributed by atoms with Crippen LogP contribution in [0, 0.1) is 0 Å². The Balaban J connectivity index is 2.82. The van der Waals surface area contributed by atoms with Gasteiger partial charge in [-0.05, 0) is 17.9 Å². The van der Waals surface area contributed by atoms with Crippen molar-refractivity contribution in [2.75, 3.05) is 0 Å². The van der Waals surface area contributed by atoms with Crippen LogP contribution in [0.5, 0.6) is 0 Å². The number of rotatable bonds is 1. The molecule has 1 heterocycles. The van der Waals surface area contributed by atoms with Gasteiger partial charge in [-0.2, -0.15) is 4.99 Å². The van der Waals surface area contributed by atoms with E-state index in [-0.39, 0.29) is 0 Å². The molecule has 0 radical (unpaired) electrons. The number of aliphatic imine (C=N–C) groups is 2. The molecule has 0 atom stereocenters. The minimum absolute atomic E-state index is 0.986. The predicted octanol–water partition coefficient (Wildman–Crippen LogP) is 1.55. The maximum atomic E-state index is 3.88. The van der Waals surface area contributed by atoms with Gasteiger partial charge < -0.3 is 0 Å². The average Bonchev–Trinajstić information content (AvgIpc) is 2.13. The van der Waals surface area contributed by atoms with Crippen LogP contribution in [0.4, 0.5) is 0 Å². The Hall–Kier alpha value is -1.14. The first kappa shape index (κ1) is 5.99. The highest BCUT2D eigenvalue weighted by molar-refractivity contribution is 5.72. The second-order valence-electron chi connectivity index (χ2n) is 1.72. The molecule has 0 aromatic rings. The smallest absolute Gasteiger partial charge is 0.125 e. The van der Waals surface area contributed by atoms with E-state index in [9.17, 15) is 0 Å². The molecular formula is C7H8N2. The van der Waals surface area contributed by atoms with E-state index in [1.54, 1.807) is 6.20 Å². The first-order chi connectivity index (χ1) is 4.43. The van der Waals surface area contributed by atoms with E-state index in [1.165, 1.54) is 6.34 Å². The van der Waals surface area contributed by atoms with Crippen LogP contribution in [-0.4, -0.2) is 12.2 Å². The third-order valence-electron chi connectivity index (χ3n) is 1.10. The maximum Gasteiger partial charge on any atom is 0.125 e. The lowest BCUT2D eigenvalue weighted by molar-refractivity contribution is 1.14. The van der Waals surface area contributed by atoms with Crippen LogP contribution in [-0.2, 0) is 0 Å². The van der Waals surface area contributed by atoms with Crippen molar-refractivity contribution in [3.8, 4) is 0 Å². The Morgan fingerprint density at radius 2 is 2.56 bits per heavy atom. The van der Waals surface area contributed by atoms with Gasteiger partial charge in [-0.15, -0.1) is 0 Å². The van der Waals surface area contributed by atoms with Crippen molar-refractivity contribution in [3.05, 3.63) is 17.8 Å². The molecule has 0 spiro atoms. The standard InChI is InChI=1S/C7H8N2/c1-2-7-3-4-8-6-9-5-7/h3,5-6H,2H2,1H3. The molecule has 0 aromatic heterocycles. The van der Waals surface area contributed by atoms with Gasteiger partial charge in [0.2, 0.25) is 0 Å². The molecule has 1 rings (SSSR count). The predicted molar refractivity (Wildman–Crippen MR) is 38.9 cm³/mol. The zero-order valence-corrected chi connectivity index (χ0v) is 5.33. The van der Waals surface area contributed by atoms with Crippen LogP contribution >= 0.6 is 0 Å². The van der Waals surface area contributed by atoms with Gasteiger partial charge in [0.05, 0.1) is 0 Å². The first-order valence-electron chi connectivity index (χ1n) is 2.92. The fraction of sp³-hybridized carbons (Fsp3) is 0.286. The van der Waals surface area contributed by atoms with Crippen LogP contribution in [0.3, 0.4) is 0 Å². The summed E-state index contributed by atoms with van der Waals surface area (Å²) >= 11 is 0. The van der Waals surface area contributed by atoms with Crippen molar-refractivity contribution in [1.29, 1.82) is 0 Å². The second kappa shape index (κ2) is 3.00. The molecule has 0 amide bonds. The van der Waals surface area contributed by atoms with Crippen LogP contribution in [0.25, 0.3) is 0 Å². The number of hydrogen-bond donors (Lipinski definition) is 0. The van der Waals surface area contributed by atoms with Crippen molar-refractivity contribution < 1.29 is 0 Å². The number of nitrogens with zero attached hydrogens (tertiary/aromatic N) is 2. The van der Waals surface area contributed by atoms with Crippen molar-refractivity contribution in [3.63, 3.8) is 0 Å². The second-order valence-corrected chi connectivity index (χ2v) is 1.72. The summed E-state index contributed by atoms with van der Waals surface area (Å²) in [6.45, 7) is 2.07. The zero-order valence-electron chi connectivity index (χ0n) is 5.33. The molecule has 1 aliphatic rings. The molecule has 0 unspecified atom stereocenters. The van der Waals surface area contributed by atoms with E-state index >= 15 is 0 Å². The average molecular weight is 120 g/mol. The fourth-order valence-electron chi connectivity index (χ4n) is 0.547. The molecule has 0 saturated heterocycles. The summed E-state index contributed by atoms with van der Waals surface area (Å²) in [6, 6.07) is 0. The van der Waals surface area contributed by atoms with E-state index in [0.717, 1.165) is 12.0 Å². The van der Waals surface area contributed by atoms with Gasteiger partial charge in [-0.1, -0.05) is 6.92 Å². The molecule has 0 aromatic carbocycles. The van der Waals surface area contributed by atoms with Gasteiger partial charge in [0, 0.05) is 12.3 Å². The number of hydrogen-bond acceptors (Lipinski definition) is 2. The third kappa shape index (κ3) is 1.67. The summed E-state index contributed by atoms with van der Waals surface area (Å²) in [4.78, 5) is 7.60. The monoisotopic (exact) mass is 120 g/mol. The van der Waals surface area contributed by atoms with E-state index < -0.39 is 0 Å². The number of allylic oxidation sites excluding steroid dienone is 2. The van der Waals surface area contributed by atoms with Gasteiger partial charge in [0.1, 0.15) is 6.34 Å². The Kier molecular flexibility index (Phi) is 2.00. The Labute approximate surface area is 54.3 Å². The third-order valence-corrected chi connectivity index (χ3v) is 1.10. The molecule has 9 heavy (non-hydrogen) atoms. The lowest BCUT2D eigenvalue weighted by Gasteiger charge is -1.86. The van der Waals surface area contributed by atoms with Crippen LogP contribution in [0.15, 0.2) is 27.8 Å². The van der Waals surface area contributed by atoms with E-state index in [0.29, 0.717) is 0 Å². The maximum absolute atomic E-state index is 3.88. The summed E-state index contributed by atoms with van der Waals surface area (Å²) in [5.74, 6) is 2.73. The van der Waals surface area contributed by atoms with Crippen molar-refractivity contribution >= 4 is 12.2 Å². The van der Waals surface area contributed by atoms with Crippen LogP contribution in [0.2, 0.25) is 0 Å². The van der Waals surface area contributed by atoms with Gasteiger partial charge in [-0.25, -0.2) is 4.99 Å². The van der Waals surface area contributed by atoms with Gasteiger partial charge in [-0.3, -0.25) is 0 Å².